The van der Waals surface area contributed by atoms with E-state index in [0.717, 1.165) is 21.8 Å². The maximum atomic E-state index is 12.0. The molecule has 0 bridgehead atoms. The van der Waals surface area contributed by atoms with Gasteiger partial charge < -0.3 is 9.72 Å². The maximum Gasteiger partial charge on any atom is 0.226 e. The Labute approximate surface area is 110 Å². The number of ketones is 1. The van der Waals surface area contributed by atoms with Gasteiger partial charge in [-0.1, -0.05) is 24.8 Å². The van der Waals surface area contributed by atoms with Gasteiger partial charge in [-0.3, -0.25) is 4.79 Å². The monoisotopic (exact) mass is 251 g/mol. The van der Waals surface area contributed by atoms with Crippen molar-refractivity contribution >= 4 is 27.6 Å². The van der Waals surface area contributed by atoms with Crippen molar-refractivity contribution in [3.63, 3.8) is 0 Å². The molecule has 2 aromatic carbocycles. The predicted molar refractivity (Wildman–Crippen MR) is 76.3 cm³/mol. The molecule has 0 aliphatic carbocycles. The molecule has 3 rings (SSSR count). The Morgan fingerprint density at radius 3 is 2.63 bits per heavy atom. The topological polar surface area (TPSA) is 42.1 Å². The number of carbonyl (C=O) groups is 1. The van der Waals surface area contributed by atoms with E-state index in [1.807, 2.05) is 36.4 Å². The number of aromatic amines is 1. The number of fused-ring (bicyclic) bond motifs is 3. The Morgan fingerprint density at radius 1 is 1.11 bits per heavy atom. The van der Waals surface area contributed by atoms with Gasteiger partial charge >= 0.3 is 0 Å². The molecule has 94 valence electrons. The van der Waals surface area contributed by atoms with Gasteiger partial charge in [0.1, 0.15) is 0 Å². The van der Waals surface area contributed by atoms with E-state index in [-0.39, 0.29) is 11.5 Å². The van der Waals surface area contributed by atoms with Gasteiger partial charge in [0, 0.05) is 27.4 Å². The van der Waals surface area contributed by atoms with Gasteiger partial charge in [0.25, 0.3) is 0 Å². The summed E-state index contributed by atoms with van der Waals surface area (Å²) in [4.78, 5) is 15.4. The molecular formula is C16H13NO2. The lowest BCUT2D eigenvalue weighted by atomic mass is 10.1. The summed E-state index contributed by atoms with van der Waals surface area (Å²) in [5, 5.41) is 2.14. The second kappa shape index (κ2) is 4.28. The first-order valence-electron chi connectivity index (χ1n) is 5.99. The molecule has 3 nitrogen and oxygen atoms in total. The van der Waals surface area contributed by atoms with E-state index >= 15 is 0 Å². The number of nitrogens with one attached hydrogen (secondary N) is 1. The fraction of sp³-hybridized carbons (Fsp3) is 0.0625. The summed E-state index contributed by atoms with van der Waals surface area (Å²) in [7, 11) is 1.45. The number of aromatic nitrogens is 1. The third kappa shape index (κ3) is 1.80. The second-order valence-electron chi connectivity index (χ2n) is 4.39. The minimum Gasteiger partial charge on any atom is -0.493 e. The minimum absolute atomic E-state index is 0.152. The smallest absolute Gasteiger partial charge is 0.226 e. The number of hydrogen-bond acceptors (Lipinski definition) is 2. The van der Waals surface area contributed by atoms with Gasteiger partial charge in [-0.25, -0.2) is 0 Å². The van der Waals surface area contributed by atoms with Crippen molar-refractivity contribution in [2.45, 2.75) is 0 Å². The molecule has 1 aromatic heterocycles. The summed E-state index contributed by atoms with van der Waals surface area (Å²) in [5.41, 5.74) is 2.66. The number of hydrogen-bond donors (Lipinski definition) is 1. The summed E-state index contributed by atoms with van der Waals surface area (Å²) < 4.78 is 4.90. The number of H-pyrrole nitrogens is 1. The van der Waals surface area contributed by atoms with Crippen LogP contribution in [0.4, 0.5) is 0 Å². The van der Waals surface area contributed by atoms with E-state index in [4.69, 9.17) is 4.74 Å². The van der Waals surface area contributed by atoms with Crippen LogP contribution in [0.1, 0.15) is 10.4 Å². The Bertz CT molecular complexity index is 799. The number of benzene rings is 2. The first kappa shape index (κ1) is 11.5. The average molecular weight is 251 g/mol. The fourth-order valence-corrected chi connectivity index (χ4v) is 2.24. The van der Waals surface area contributed by atoms with Crippen LogP contribution in [-0.4, -0.2) is 17.9 Å². The van der Waals surface area contributed by atoms with Gasteiger partial charge in [-0.15, -0.1) is 0 Å². The number of rotatable bonds is 3. The molecule has 19 heavy (non-hydrogen) atoms. The van der Waals surface area contributed by atoms with Crippen LogP contribution in [-0.2, 0) is 4.74 Å². The standard InChI is InChI=1S/C16H13NO2/c1-10(19-2)16(18)11-7-8-15-13(9-11)12-5-3-4-6-14(12)17-15/h3-9,17H,1H2,2H3. The highest BCUT2D eigenvalue weighted by molar-refractivity contribution is 6.13. The Kier molecular flexibility index (Phi) is 2.60. The molecule has 3 heteroatoms. The SMILES string of the molecule is C=C(OC)C(=O)c1ccc2[nH]c3ccccc3c2c1. The van der Waals surface area contributed by atoms with E-state index in [1.165, 1.54) is 7.11 Å². The number of allylic oxidation sites excluding steroid dienone is 1. The Hall–Kier alpha value is -2.55. The van der Waals surface area contributed by atoms with Gasteiger partial charge in [0.05, 0.1) is 7.11 Å². The molecule has 0 amide bonds. The lowest BCUT2D eigenvalue weighted by Crippen LogP contribution is -2.03. The first-order valence-corrected chi connectivity index (χ1v) is 5.99. The normalized spacial score (nSPS) is 10.8. The third-order valence-electron chi connectivity index (χ3n) is 3.27. The molecule has 0 atom stereocenters. The number of carbonyl (C=O) groups excluding carboxylic acids is 1. The van der Waals surface area contributed by atoms with Crippen molar-refractivity contribution in [1.82, 2.24) is 4.98 Å². The van der Waals surface area contributed by atoms with Crippen molar-refractivity contribution in [3.05, 3.63) is 60.4 Å². The zero-order valence-electron chi connectivity index (χ0n) is 10.6. The third-order valence-corrected chi connectivity index (χ3v) is 3.27. The fourth-order valence-electron chi connectivity index (χ4n) is 2.24. The molecule has 0 aliphatic heterocycles. The summed E-state index contributed by atoms with van der Waals surface area (Å²) in [6, 6.07) is 13.6. The zero-order chi connectivity index (χ0) is 13.4. The van der Waals surface area contributed by atoms with E-state index in [9.17, 15) is 4.79 Å². The summed E-state index contributed by atoms with van der Waals surface area (Å²) in [5.74, 6) is -0.0335. The van der Waals surface area contributed by atoms with E-state index in [0.29, 0.717) is 5.56 Å². The minimum atomic E-state index is -0.185. The molecule has 0 spiro atoms. The predicted octanol–water partition coefficient (Wildman–Crippen LogP) is 3.66. The van der Waals surface area contributed by atoms with Crippen molar-refractivity contribution in [1.29, 1.82) is 0 Å². The van der Waals surface area contributed by atoms with Crippen LogP contribution < -0.4 is 0 Å². The number of para-hydroxylation sites is 1. The summed E-state index contributed by atoms with van der Waals surface area (Å²) in [6.07, 6.45) is 0. The molecule has 0 saturated carbocycles. The van der Waals surface area contributed by atoms with Crippen LogP contribution in [0.5, 0.6) is 0 Å². The highest BCUT2D eigenvalue weighted by Gasteiger charge is 2.12. The van der Waals surface area contributed by atoms with Gasteiger partial charge in [-0.2, -0.15) is 0 Å². The van der Waals surface area contributed by atoms with E-state index in [2.05, 4.69) is 11.6 Å². The van der Waals surface area contributed by atoms with Crippen molar-refractivity contribution < 1.29 is 9.53 Å². The zero-order valence-corrected chi connectivity index (χ0v) is 10.6. The first-order chi connectivity index (χ1) is 9.20. The van der Waals surface area contributed by atoms with Gasteiger partial charge in [0.15, 0.2) is 5.76 Å². The van der Waals surface area contributed by atoms with Crippen LogP contribution in [0.15, 0.2) is 54.8 Å². The van der Waals surface area contributed by atoms with E-state index < -0.39 is 0 Å². The van der Waals surface area contributed by atoms with Crippen LogP contribution in [0, 0.1) is 0 Å². The summed E-state index contributed by atoms with van der Waals surface area (Å²) >= 11 is 0. The molecule has 0 fully saturated rings. The Morgan fingerprint density at radius 2 is 1.84 bits per heavy atom. The molecule has 1 N–H and O–H groups in total. The highest BCUT2D eigenvalue weighted by atomic mass is 16.5. The second-order valence-corrected chi connectivity index (χ2v) is 4.39. The summed E-state index contributed by atoms with van der Waals surface area (Å²) in [6.45, 7) is 3.60. The lowest BCUT2D eigenvalue weighted by Gasteiger charge is -2.03. The lowest BCUT2D eigenvalue weighted by molar-refractivity contribution is 0.0955. The van der Waals surface area contributed by atoms with Crippen LogP contribution in [0.3, 0.4) is 0 Å². The van der Waals surface area contributed by atoms with Gasteiger partial charge in [0.2, 0.25) is 5.78 Å². The van der Waals surface area contributed by atoms with Crippen LogP contribution >= 0.6 is 0 Å². The maximum absolute atomic E-state index is 12.0. The molecule has 0 saturated heterocycles. The molecule has 3 aromatic rings. The van der Waals surface area contributed by atoms with Crippen LogP contribution in [0.2, 0.25) is 0 Å². The molecule has 0 aliphatic rings. The molecule has 0 radical (unpaired) electrons. The number of Topliss-reactive ketones (excluding diaryl/α,β-unsaturated/α-hetero) is 1. The Balaban J connectivity index is 2.22. The van der Waals surface area contributed by atoms with Crippen LogP contribution in [0.25, 0.3) is 21.8 Å². The number of ether oxygens (including phenoxy) is 1. The van der Waals surface area contributed by atoms with Crippen molar-refractivity contribution in [2.75, 3.05) is 7.11 Å². The largest absolute Gasteiger partial charge is 0.493 e. The molecular weight excluding hydrogens is 238 g/mol. The quantitative estimate of drug-likeness (QED) is 0.438. The van der Waals surface area contributed by atoms with E-state index in [1.54, 1.807) is 6.07 Å². The highest BCUT2D eigenvalue weighted by Crippen LogP contribution is 2.26. The van der Waals surface area contributed by atoms with Crippen molar-refractivity contribution in [3.8, 4) is 0 Å². The van der Waals surface area contributed by atoms with Gasteiger partial charge in [-0.05, 0) is 24.3 Å². The molecule has 1 heterocycles. The average Bonchev–Trinajstić information content (AvgIpc) is 2.83. The molecule has 0 unspecified atom stereocenters. The van der Waals surface area contributed by atoms with Crippen molar-refractivity contribution in [2.24, 2.45) is 0 Å². The number of methoxy groups -OCH3 is 1.